The second-order valence-corrected chi connectivity index (χ2v) is 4.87. The molecule has 4 heteroatoms. The van der Waals surface area contributed by atoms with Crippen molar-refractivity contribution in [1.29, 1.82) is 0 Å². The summed E-state index contributed by atoms with van der Waals surface area (Å²) in [5.74, 6) is 0.789. The average molecular weight is 256 g/mol. The van der Waals surface area contributed by atoms with Crippen molar-refractivity contribution in [3.8, 4) is 11.3 Å². The van der Waals surface area contributed by atoms with E-state index in [-0.39, 0.29) is 6.04 Å². The van der Waals surface area contributed by atoms with Crippen LogP contribution in [0, 0.1) is 6.92 Å². The summed E-state index contributed by atoms with van der Waals surface area (Å²) in [6, 6.07) is 12.4. The van der Waals surface area contributed by atoms with Crippen molar-refractivity contribution in [2.75, 3.05) is 11.9 Å². The second-order valence-electron chi connectivity index (χ2n) is 4.87. The third kappa shape index (κ3) is 4.03. The number of benzene rings is 1. The van der Waals surface area contributed by atoms with E-state index in [1.807, 2.05) is 31.2 Å². The Morgan fingerprint density at radius 2 is 2.05 bits per heavy atom. The molecule has 0 fully saturated rings. The molecule has 4 nitrogen and oxygen atoms in total. The van der Waals surface area contributed by atoms with E-state index in [9.17, 15) is 0 Å². The molecule has 1 unspecified atom stereocenters. The SMILES string of the molecule is Cc1cccc(-c2ccc(NCCC(C)N)nn2)c1. The Bertz CT molecular complexity index is 520. The number of nitrogens with one attached hydrogen (secondary N) is 1. The molecule has 0 aliphatic heterocycles. The highest BCUT2D eigenvalue weighted by molar-refractivity contribution is 5.60. The number of anilines is 1. The van der Waals surface area contributed by atoms with Crippen LogP contribution in [0.4, 0.5) is 5.82 Å². The maximum Gasteiger partial charge on any atom is 0.148 e. The molecule has 0 spiro atoms. The zero-order chi connectivity index (χ0) is 13.7. The van der Waals surface area contributed by atoms with Gasteiger partial charge in [-0.15, -0.1) is 10.2 Å². The summed E-state index contributed by atoms with van der Waals surface area (Å²) >= 11 is 0. The minimum absolute atomic E-state index is 0.201. The molecule has 19 heavy (non-hydrogen) atoms. The molecule has 1 aromatic carbocycles. The van der Waals surface area contributed by atoms with E-state index in [1.165, 1.54) is 5.56 Å². The van der Waals surface area contributed by atoms with Gasteiger partial charge in [-0.3, -0.25) is 0 Å². The van der Waals surface area contributed by atoms with Gasteiger partial charge in [-0.25, -0.2) is 0 Å². The number of hydrogen-bond donors (Lipinski definition) is 2. The fourth-order valence-electron chi connectivity index (χ4n) is 1.81. The Labute approximate surface area is 114 Å². The average Bonchev–Trinajstić information content (AvgIpc) is 2.39. The third-order valence-electron chi connectivity index (χ3n) is 2.88. The van der Waals surface area contributed by atoms with E-state index in [2.05, 4.69) is 34.6 Å². The Balaban J connectivity index is 2.02. The summed E-state index contributed by atoms with van der Waals surface area (Å²) in [4.78, 5) is 0. The van der Waals surface area contributed by atoms with E-state index in [0.29, 0.717) is 0 Å². The number of rotatable bonds is 5. The van der Waals surface area contributed by atoms with Crippen molar-refractivity contribution in [3.63, 3.8) is 0 Å². The molecule has 1 atom stereocenters. The number of hydrogen-bond acceptors (Lipinski definition) is 4. The molecule has 2 aromatic rings. The van der Waals surface area contributed by atoms with Crippen LogP contribution < -0.4 is 11.1 Å². The standard InChI is InChI=1S/C15H20N4/c1-11-4-3-5-13(10-11)14-6-7-15(19-18-14)17-9-8-12(2)16/h3-7,10,12H,8-9,16H2,1-2H3,(H,17,19). The summed E-state index contributed by atoms with van der Waals surface area (Å²) in [6.07, 6.45) is 0.918. The molecule has 2 rings (SSSR count). The summed E-state index contributed by atoms with van der Waals surface area (Å²) < 4.78 is 0. The maximum atomic E-state index is 5.69. The van der Waals surface area contributed by atoms with Gasteiger partial charge in [0, 0.05) is 18.2 Å². The number of nitrogens with two attached hydrogens (primary N) is 1. The van der Waals surface area contributed by atoms with Crippen molar-refractivity contribution in [3.05, 3.63) is 42.0 Å². The monoisotopic (exact) mass is 256 g/mol. The first-order chi connectivity index (χ1) is 9.15. The molecule has 3 N–H and O–H groups in total. The zero-order valence-corrected chi connectivity index (χ0v) is 11.4. The molecule has 0 aliphatic rings. The van der Waals surface area contributed by atoms with Gasteiger partial charge >= 0.3 is 0 Å². The minimum atomic E-state index is 0.201. The fraction of sp³-hybridized carbons (Fsp3) is 0.333. The van der Waals surface area contributed by atoms with Gasteiger partial charge in [0.15, 0.2) is 0 Å². The number of aryl methyl sites for hydroxylation is 1. The molecular weight excluding hydrogens is 236 g/mol. The molecular formula is C15H20N4. The van der Waals surface area contributed by atoms with E-state index in [1.54, 1.807) is 0 Å². The molecule has 1 heterocycles. The highest BCUT2D eigenvalue weighted by Gasteiger charge is 2.01. The first-order valence-corrected chi connectivity index (χ1v) is 6.55. The van der Waals surface area contributed by atoms with Crippen molar-refractivity contribution >= 4 is 5.82 Å². The molecule has 0 amide bonds. The van der Waals surface area contributed by atoms with Crippen LogP contribution in [0.2, 0.25) is 0 Å². The van der Waals surface area contributed by atoms with Crippen molar-refractivity contribution in [2.24, 2.45) is 5.73 Å². The lowest BCUT2D eigenvalue weighted by Crippen LogP contribution is -2.19. The lowest BCUT2D eigenvalue weighted by Gasteiger charge is -2.07. The fourth-order valence-corrected chi connectivity index (χ4v) is 1.81. The quantitative estimate of drug-likeness (QED) is 0.863. The van der Waals surface area contributed by atoms with E-state index in [0.717, 1.165) is 30.0 Å². The van der Waals surface area contributed by atoms with Crippen LogP contribution in [0.1, 0.15) is 18.9 Å². The van der Waals surface area contributed by atoms with Gasteiger partial charge in [-0.05, 0) is 38.5 Å². The molecule has 0 saturated carbocycles. The van der Waals surface area contributed by atoms with Crippen LogP contribution in [0.5, 0.6) is 0 Å². The zero-order valence-electron chi connectivity index (χ0n) is 11.4. The van der Waals surface area contributed by atoms with Crippen LogP contribution in [0.25, 0.3) is 11.3 Å². The van der Waals surface area contributed by atoms with Crippen LogP contribution in [-0.4, -0.2) is 22.8 Å². The molecule has 1 aromatic heterocycles. The van der Waals surface area contributed by atoms with Gasteiger partial charge in [0.2, 0.25) is 0 Å². The summed E-state index contributed by atoms with van der Waals surface area (Å²) in [6.45, 7) is 4.88. The van der Waals surface area contributed by atoms with Crippen molar-refractivity contribution < 1.29 is 0 Å². The molecule has 0 aliphatic carbocycles. The Hall–Kier alpha value is -1.94. The largest absolute Gasteiger partial charge is 0.369 e. The summed E-state index contributed by atoms with van der Waals surface area (Å²) in [5.41, 5.74) is 8.90. The molecule has 0 radical (unpaired) electrons. The maximum absolute atomic E-state index is 5.69. The molecule has 100 valence electrons. The lowest BCUT2D eigenvalue weighted by molar-refractivity contribution is 0.688. The van der Waals surface area contributed by atoms with Crippen LogP contribution in [0.15, 0.2) is 36.4 Å². The van der Waals surface area contributed by atoms with Gasteiger partial charge in [-0.1, -0.05) is 23.8 Å². The van der Waals surface area contributed by atoms with Gasteiger partial charge in [0.25, 0.3) is 0 Å². The van der Waals surface area contributed by atoms with E-state index < -0.39 is 0 Å². The predicted molar refractivity (Wildman–Crippen MR) is 79.0 cm³/mol. The number of nitrogens with zero attached hydrogens (tertiary/aromatic N) is 2. The number of aromatic nitrogens is 2. The predicted octanol–water partition coefficient (Wildman–Crippen LogP) is 2.60. The smallest absolute Gasteiger partial charge is 0.148 e. The third-order valence-corrected chi connectivity index (χ3v) is 2.88. The first kappa shape index (κ1) is 13.5. The summed E-state index contributed by atoms with van der Waals surface area (Å²) in [7, 11) is 0. The van der Waals surface area contributed by atoms with Gasteiger partial charge < -0.3 is 11.1 Å². The summed E-state index contributed by atoms with van der Waals surface area (Å²) in [5, 5.41) is 11.6. The van der Waals surface area contributed by atoms with Crippen LogP contribution >= 0.6 is 0 Å². The minimum Gasteiger partial charge on any atom is -0.369 e. The Morgan fingerprint density at radius 3 is 2.68 bits per heavy atom. The highest BCUT2D eigenvalue weighted by atomic mass is 15.2. The van der Waals surface area contributed by atoms with Gasteiger partial charge in [0.1, 0.15) is 5.82 Å². The van der Waals surface area contributed by atoms with Crippen molar-refractivity contribution in [1.82, 2.24) is 10.2 Å². The topological polar surface area (TPSA) is 63.8 Å². The second kappa shape index (κ2) is 6.29. The Morgan fingerprint density at radius 1 is 1.21 bits per heavy atom. The molecule has 0 bridgehead atoms. The Kier molecular flexibility index (Phi) is 4.47. The van der Waals surface area contributed by atoms with E-state index in [4.69, 9.17) is 5.73 Å². The van der Waals surface area contributed by atoms with Gasteiger partial charge in [0.05, 0.1) is 5.69 Å². The van der Waals surface area contributed by atoms with Gasteiger partial charge in [-0.2, -0.15) is 0 Å². The normalized spacial score (nSPS) is 12.2. The highest BCUT2D eigenvalue weighted by Crippen LogP contribution is 2.18. The van der Waals surface area contributed by atoms with Crippen LogP contribution in [-0.2, 0) is 0 Å². The molecule has 0 saturated heterocycles. The van der Waals surface area contributed by atoms with Crippen LogP contribution in [0.3, 0.4) is 0 Å². The van der Waals surface area contributed by atoms with E-state index >= 15 is 0 Å². The first-order valence-electron chi connectivity index (χ1n) is 6.55. The lowest BCUT2D eigenvalue weighted by atomic mass is 10.1. The van der Waals surface area contributed by atoms with Crippen molar-refractivity contribution in [2.45, 2.75) is 26.3 Å².